The first-order valence-electron chi connectivity index (χ1n) is 11.5. The Hall–Kier alpha value is -1.06. The van der Waals surface area contributed by atoms with Crippen molar-refractivity contribution in [2.75, 3.05) is 46.6 Å². The number of aryl methyl sites for hydroxylation is 1. The van der Waals surface area contributed by atoms with Crippen LogP contribution in [0.2, 0.25) is 0 Å². The number of hydrogen-bond acceptors (Lipinski definition) is 4. The normalized spacial score (nSPS) is 20.0. The molecule has 2 aliphatic rings. The van der Waals surface area contributed by atoms with Crippen LogP contribution in [0, 0.1) is 18.3 Å². The topological polar surface area (TPSA) is 64.1 Å². The maximum absolute atomic E-state index is 6.18. The van der Waals surface area contributed by atoms with E-state index in [1.54, 1.807) is 7.11 Å². The number of benzene rings is 1. The Labute approximate surface area is 204 Å². The summed E-state index contributed by atoms with van der Waals surface area (Å²) >= 11 is 0. The van der Waals surface area contributed by atoms with Gasteiger partial charge in [0.05, 0.1) is 19.8 Å². The molecule has 0 aromatic heterocycles. The van der Waals surface area contributed by atoms with Gasteiger partial charge in [-0.1, -0.05) is 18.6 Å². The number of aliphatic imine (C=N–C) groups is 1. The van der Waals surface area contributed by atoms with E-state index >= 15 is 0 Å². The van der Waals surface area contributed by atoms with Gasteiger partial charge in [-0.15, -0.1) is 24.0 Å². The van der Waals surface area contributed by atoms with Crippen molar-refractivity contribution in [3.63, 3.8) is 0 Å². The standard InChI is InChI=1S/C24H39N3O3.HI/c1-4-25-23(27-18-24(9-5-10-24)11-13-28-3)26-15-21-7-6-19(2)14-22(21)30-17-20-8-12-29-16-20;/h6-7,14,20H,4-5,8-13,15-18H2,1-3H3,(H2,25,26,27);1H. The van der Waals surface area contributed by atoms with Crippen LogP contribution in [0.4, 0.5) is 0 Å². The van der Waals surface area contributed by atoms with Crippen molar-refractivity contribution in [2.24, 2.45) is 16.3 Å². The van der Waals surface area contributed by atoms with Crippen LogP contribution < -0.4 is 15.4 Å². The quantitative estimate of drug-likeness (QED) is 0.247. The van der Waals surface area contributed by atoms with Crippen LogP contribution in [0.15, 0.2) is 23.2 Å². The minimum absolute atomic E-state index is 0. The predicted molar refractivity (Wildman–Crippen MR) is 137 cm³/mol. The third-order valence-electron chi connectivity index (χ3n) is 6.35. The second-order valence-electron chi connectivity index (χ2n) is 8.80. The van der Waals surface area contributed by atoms with Crippen LogP contribution in [-0.4, -0.2) is 52.6 Å². The molecule has 0 radical (unpaired) electrons. The molecule has 7 heteroatoms. The Morgan fingerprint density at radius 3 is 2.77 bits per heavy atom. The third kappa shape index (κ3) is 8.09. The Balaban J connectivity index is 0.00000341. The van der Waals surface area contributed by atoms with E-state index in [4.69, 9.17) is 19.2 Å². The van der Waals surface area contributed by atoms with Gasteiger partial charge in [0.15, 0.2) is 5.96 Å². The Morgan fingerprint density at radius 2 is 2.13 bits per heavy atom. The van der Waals surface area contributed by atoms with Crippen LogP contribution >= 0.6 is 24.0 Å². The van der Waals surface area contributed by atoms with E-state index in [0.29, 0.717) is 24.5 Å². The highest BCUT2D eigenvalue weighted by Gasteiger charge is 2.36. The van der Waals surface area contributed by atoms with Gasteiger partial charge in [0, 0.05) is 44.9 Å². The second-order valence-corrected chi connectivity index (χ2v) is 8.80. The highest BCUT2D eigenvalue weighted by atomic mass is 127. The smallest absolute Gasteiger partial charge is 0.191 e. The number of ether oxygens (including phenoxy) is 3. The first-order valence-corrected chi connectivity index (χ1v) is 11.5. The van der Waals surface area contributed by atoms with Crippen molar-refractivity contribution in [1.82, 2.24) is 10.6 Å². The molecule has 1 saturated carbocycles. The lowest BCUT2D eigenvalue weighted by Crippen LogP contribution is -2.46. The van der Waals surface area contributed by atoms with Crippen molar-refractivity contribution in [3.8, 4) is 5.75 Å². The van der Waals surface area contributed by atoms with E-state index in [-0.39, 0.29) is 24.0 Å². The summed E-state index contributed by atoms with van der Waals surface area (Å²) in [5.41, 5.74) is 2.68. The van der Waals surface area contributed by atoms with Gasteiger partial charge in [-0.25, -0.2) is 4.99 Å². The minimum Gasteiger partial charge on any atom is -0.493 e. The SMILES string of the molecule is CCNC(=NCc1ccc(C)cc1OCC1CCOC1)NCC1(CCOC)CCC1.I. The lowest BCUT2D eigenvalue weighted by Gasteiger charge is -2.42. The summed E-state index contributed by atoms with van der Waals surface area (Å²) in [5, 5.41) is 6.96. The summed E-state index contributed by atoms with van der Waals surface area (Å²) in [7, 11) is 1.78. The zero-order valence-electron chi connectivity index (χ0n) is 19.4. The number of hydrogen-bond donors (Lipinski definition) is 2. The summed E-state index contributed by atoms with van der Waals surface area (Å²) in [5.74, 6) is 2.31. The Kier molecular flexibility index (Phi) is 11.4. The van der Waals surface area contributed by atoms with Gasteiger partial charge in [-0.2, -0.15) is 0 Å². The monoisotopic (exact) mass is 545 g/mol. The van der Waals surface area contributed by atoms with E-state index < -0.39 is 0 Å². The second kappa shape index (κ2) is 13.5. The molecule has 1 heterocycles. The van der Waals surface area contributed by atoms with Crippen LogP contribution in [-0.2, 0) is 16.0 Å². The van der Waals surface area contributed by atoms with Crippen LogP contribution in [0.1, 0.15) is 50.2 Å². The van der Waals surface area contributed by atoms with Crippen LogP contribution in [0.25, 0.3) is 0 Å². The lowest BCUT2D eigenvalue weighted by molar-refractivity contribution is 0.0732. The molecule has 1 aromatic rings. The van der Waals surface area contributed by atoms with E-state index in [0.717, 1.165) is 63.0 Å². The zero-order chi connectivity index (χ0) is 21.2. The number of methoxy groups -OCH3 is 1. The molecular formula is C24H40IN3O3. The van der Waals surface area contributed by atoms with Crippen molar-refractivity contribution in [2.45, 2.75) is 52.5 Å². The number of rotatable bonds is 11. The van der Waals surface area contributed by atoms with Gasteiger partial charge in [0.2, 0.25) is 0 Å². The molecule has 1 aliphatic carbocycles. The van der Waals surface area contributed by atoms with E-state index in [1.165, 1.54) is 24.8 Å². The van der Waals surface area contributed by atoms with Gasteiger partial charge in [0.1, 0.15) is 5.75 Å². The zero-order valence-corrected chi connectivity index (χ0v) is 21.7. The molecule has 2 N–H and O–H groups in total. The molecule has 6 nitrogen and oxygen atoms in total. The maximum atomic E-state index is 6.18. The van der Waals surface area contributed by atoms with Gasteiger partial charge >= 0.3 is 0 Å². The number of guanidine groups is 1. The summed E-state index contributed by atoms with van der Waals surface area (Å²) in [4.78, 5) is 4.85. The molecule has 1 unspecified atom stereocenters. The first kappa shape index (κ1) is 26.2. The fourth-order valence-corrected chi connectivity index (χ4v) is 4.14. The molecule has 1 saturated heterocycles. The number of halogens is 1. The molecule has 31 heavy (non-hydrogen) atoms. The fraction of sp³-hybridized carbons (Fsp3) is 0.708. The Bertz CT molecular complexity index is 689. The van der Waals surface area contributed by atoms with Crippen LogP contribution in [0.5, 0.6) is 5.75 Å². The third-order valence-corrected chi connectivity index (χ3v) is 6.35. The van der Waals surface area contributed by atoms with Crippen molar-refractivity contribution >= 4 is 29.9 Å². The summed E-state index contributed by atoms with van der Waals surface area (Å²) < 4.78 is 17.0. The summed E-state index contributed by atoms with van der Waals surface area (Å²) in [6, 6.07) is 6.38. The number of nitrogens with zero attached hydrogens (tertiary/aromatic N) is 1. The van der Waals surface area contributed by atoms with Crippen molar-refractivity contribution in [1.29, 1.82) is 0 Å². The summed E-state index contributed by atoms with van der Waals surface area (Å²) in [6.07, 6.45) is 6.04. The highest BCUT2D eigenvalue weighted by Crippen LogP contribution is 2.43. The molecule has 176 valence electrons. The Morgan fingerprint density at radius 1 is 1.29 bits per heavy atom. The predicted octanol–water partition coefficient (Wildman–Crippen LogP) is 4.29. The fourth-order valence-electron chi connectivity index (χ4n) is 4.14. The molecule has 1 aromatic carbocycles. The molecular weight excluding hydrogens is 505 g/mol. The molecule has 0 amide bonds. The van der Waals surface area contributed by atoms with Gasteiger partial charge in [0.25, 0.3) is 0 Å². The molecule has 2 fully saturated rings. The average molecular weight is 546 g/mol. The average Bonchev–Trinajstić information content (AvgIpc) is 3.24. The highest BCUT2D eigenvalue weighted by molar-refractivity contribution is 14.0. The molecule has 3 rings (SSSR count). The molecule has 0 spiro atoms. The van der Waals surface area contributed by atoms with E-state index in [2.05, 4.69) is 42.7 Å². The summed E-state index contributed by atoms with van der Waals surface area (Å²) in [6.45, 7) is 9.77. The van der Waals surface area contributed by atoms with Gasteiger partial charge < -0.3 is 24.8 Å². The largest absolute Gasteiger partial charge is 0.493 e. The molecule has 1 aliphatic heterocycles. The lowest BCUT2D eigenvalue weighted by atomic mass is 9.67. The number of nitrogens with one attached hydrogen (secondary N) is 2. The maximum Gasteiger partial charge on any atom is 0.191 e. The van der Waals surface area contributed by atoms with Crippen molar-refractivity contribution < 1.29 is 14.2 Å². The minimum atomic E-state index is 0. The van der Waals surface area contributed by atoms with Gasteiger partial charge in [-0.3, -0.25) is 0 Å². The van der Waals surface area contributed by atoms with E-state index in [1.807, 2.05) is 0 Å². The van der Waals surface area contributed by atoms with E-state index in [9.17, 15) is 0 Å². The van der Waals surface area contributed by atoms with Gasteiger partial charge in [-0.05, 0) is 56.6 Å². The van der Waals surface area contributed by atoms with Crippen LogP contribution in [0.3, 0.4) is 0 Å². The van der Waals surface area contributed by atoms with Crippen molar-refractivity contribution in [3.05, 3.63) is 29.3 Å². The molecule has 1 atom stereocenters. The molecule has 0 bridgehead atoms. The first-order chi connectivity index (χ1) is 14.6.